The van der Waals surface area contributed by atoms with Crippen molar-refractivity contribution >= 4 is 35.8 Å². The Hall–Kier alpha value is -0.570. The fraction of sp³-hybridized carbons (Fsp3) is 0.889. The Kier molecular flexibility index (Phi) is 11.7. The molecule has 0 radical (unpaired) electrons. The van der Waals surface area contributed by atoms with E-state index in [0.29, 0.717) is 12.0 Å². The standard InChI is InChI=1S/C18H36N4O2.HI/c1-6-24-12-11-18(9-7-8-10-18)14-22-16(20-5)21-13-17(2,3)15(23)19-4;/h6-14H2,1-5H3,(H,19,23)(H2,20,21,22);1H. The smallest absolute Gasteiger partial charge is 0.227 e. The molecule has 0 atom stereocenters. The van der Waals surface area contributed by atoms with Crippen molar-refractivity contribution in [2.24, 2.45) is 15.8 Å². The summed E-state index contributed by atoms with van der Waals surface area (Å²) in [4.78, 5) is 16.2. The van der Waals surface area contributed by atoms with Crippen LogP contribution in [0.2, 0.25) is 0 Å². The summed E-state index contributed by atoms with van der Waals surface area (Å²) in [6, 6.07) is 0. The number of aliphatic imine (C=N–C) groups is 1. The summed E-state index contributed by atoms with van der Waals surface area (Å²) >= 11 is 0. The molecular formula is C18H37IN4O2. The Morgan fingerprint density at radius 1 is 1.24 bits per heavy atom. The number of halogens is 1. The monoisotopic (exact) mass is 468 g/mol. The minimum atomic E-state index is -0.480. The highest BCUT2D eigenvalue weighted by molar-refractivity contribution is 14.0. The number of amides is 1. The maximum atomic E-state index is 11.9. The van der Waals surface area contributed by atoms with Crippen molar-refractivity contribution in [2.45, 2.75) is 52.9 Å². The molecule has 0 spiro atoms. The number of hydrogen-bond acceptors (Lipinski definition) is 3. The molecule has 0 unspecified atom stereocenters. The predicted octanol–water partition coefficient (Wildman–Crippen LogP) is 2.53. The van der Waals surface area contributed by atoms with E-state index in [1.165, 1.54) is 25.7 Å². The molecule has 0 aromatic heterocycles. The maximum absolute atomic E-state index is 11.9. The number of carbonyl (C=O) groups excluding carboxylic acids is 1. The molecule has 0 saturated heterocycles. The van der Waals surface area contributed by atoms with Crippen LogP contribution < -0.4 is 16.0 Å². The lowest BCUT2D eigenvalue weighted by Crippen LogP contribution is -2.49. The van der Waals surface area contributed by atoms with Gasteiger partial charge in [-0.3, -0.25) is 9.79 Å². The van der Waals surface area contributed by atoms with Crippen LogP contribution in [-0.2, 0) is 9.53 Å². The summed E-state index contributed by atoms with van der Waals surface area (Å²) in [6.45, 7) is 8.94. The Morgan fingerprint density at radius 2 is 1.88 bits per heavy atom. The molecule has 1 saturated carbocycles. The first-order chi connectivity index (χ1) is 11.4. The highest BCUT2D eigenvalue weighted by atomic mass is 127. The molecule has 0 aliphatic heterocycles. The van der Waals surface area contributed by atoms with Gasteiger partial charge in [0.05, 0.1) is 5.41 Å². The van der Waals surface area contributed by atoms with E-state index in [2.05, 4.69) is 20.9 Å². The quantitative estimate of drug-likeness (QED) is 0.211. The topological polar surface area (TPSA) is 74.8 Å². The molecule has 1 amide bonds. The minimum Gasteiger partial charge on any atom is -0.382 e. The van der Waals surface area contributed by atoms with Gasteiger partial charge >= 0.3 is 0 Å². The third-order valence-electron chi connectivity index (χ3n) is 5.04. The van der Waals surface area contributed by atoms with Gasteiger partial charge in [-0.2, -0.15) is 0 Å². The molecule has 0 aromatic rings. The van der Waals surface area contributed by atoms with Crippen molar-refractivity contribution in [1.29, 1.82) is 0 Å². The Morgan fingerprint density at radius 3 is 2.40 bits per heavy atom. The average Bonchev–Trinajstić information content (AvgIpc) is 3.03. The zero-order valence-corrected chi connectivity index (χ0v) is 18.9. The lowest BCUT2D eigenvalue weighted by molar-refractivity contribution is -0.128. The van der Waals surface area contributed by atoms with E-state index < -0.39 is 5.41 Å². The van der Waals surface area contributed by atoms with Crippen molar-refractivity contribution in [3.05, 3.63) is 0 Å². The predicted molar refractivity (Wildman–Crippen MR) is 115 cm³/mol. The van der Waals surface area contributed by atoms with Gasteiger partial charge in [0.2, 0.25) is 5.91 Å². The van der Waals surface area contributed by atoms with Gasteiger partial charge in [-0.1, -0.05) is 12.8 Å². The minimum absolute atomic E-state index is 0. The largest absolute Gasteiger partial charge is 0.382 e. The summed E-state index contributed by atoms with van der Waals surface area (Å²) in [5.74, 6) is 0.782. The van der Waals surface area contributed by atoms with Crippen LogP contribution in [0.25, 0.3) is 0 Å². The number of ether oxygens (including phenoxy) is 1. The Labute approximate surface area is 170 Å². The first-order valence-corrected chi connectivity index (χ1v) is 9.13. The second-order valence-electron chi connectivity index (χ2n) is 7.40. The lowest BCUT2D eigenvalue weighted by Gasteiger charge is -2.31. The van der Waals surface area contributed by atoms with Crippen molar-refractivity contribution in [2.75, 3.05) is 40.4 Å². The van der Waals surface area contributed by atoms with Gasteiger partial charge in [-0.05, 0) is 45.4 Å². The molecule has 0 heterocycles. The van der Waals surface area contributed by atoms with Gasteiger partial charge in [-0.25, -0.2) is 0 Å². The second kappa shape index (κ2) is 11.9. The summed E-state index contributed by atoms with van der Waals surface area (Å²) in [5, 5.41) is 9.45. The number of hydrogen-bond donors (Lipinski definition) is 3. The first-order valence-electron chi connectivity index (χ1n) is 9.13. The summed E-state index contributed by atoms with van der Waals surface area (Å²) in [7, 11) is 3.43. The highest BCUT2D eigenvalue weighted by Gasteiger charge is 2.34. The summed E-state index contributed by atoms with van der Waals surface area (Å²) < 4.78 is 5.57. The zero-order valence-electron chi connectivity index (χ0n) is 16.5. The van der Waals surface area contributed by atoms with Gasteiger partial charge in [0.1, 0.15) is 0 Å². The van der Waals surface area contributed by atoms with Crippen molar-refractivity contribution < 1.29 is 9.53 Å². The zero-order chi connectivity index (χ0) is 18.1. The molecular weight excluding hydrogens is 431 g/mol. The number of rotatable bonds is 9. The van der Waals surface area contributed by atoms with Crippen LogP contribution >= 0.6 is 24.0 Å². The molecule has 1 aliphatic rings. The van der Waals surface area contributed by atoms with Crippen LogP contribution in [0.3, 0.4) is 0 Å². The highest BCUT2D eigenvalue weighted by Crippen LogP contribution is 2.40. The van der Waals surface area contributed by atoms with E-state index in [1.54, 1.807) is 14.1 Å². The van der Waals surface area contributed by atoms with Gasteiger partial charge in [0.25, 0.3) is 0 Å². The SMILES string of the molecule is CCOCCC1(CNC(=NC)NCC(C)(C)C(=O)NC)CCCC1.I. The maximum Gasteiger partial charge on any atom is 0.227 e. The molecule has 1 aliphatic carbocycles. The van der Waals surface area contributed by atoms with E-state index >= 15 is 0 Å². The summed E-state index contributed by atoms with van der Waals surface area (Å²) in [6.07, 6.45) is 6.17. The van der Waals surface area contributed by atoms with Gasteiger partial charge in [0.15, 0.2) is 5.96 Å². The molecule has 6 nitrogen and oxygen atoms in total. The molecule has 25 heavy (non-hydrogen) atoms. The van der Waals surface area contributed by atoms with Crippen LogP contribution in [0.15, 0.2) is 4.99 Å². The van der Waals surface area contributed by atoms with E-state index in [9.17, 15) is 4.79 Å². The summed E-state index contributed by atoms with van der Waals surface area (Å²) in [5.41, 5.74) is -0.171. The van der Waals surface area contributed by atoms with Crippen molar-refractivity contribution in [3.8, 4) is 0 Å². The Bertz CT molecular complexity index is 421. The molecule has 1 rings (SSSR count). The van der Waals surface area contributed by atoms with Crippen molar-refractivity contribution in [3.63, 3.8) is 0 Å². The normalized spacial score (nSPS) is 16.9. The lowest BCUT2D eigenvalue weighted by atomic mass is 9.83. The molecule has 7 heteroatoms. The average molecular weight is 468 g/mol. The van der Waals surface area contributed by atoms with E-state index in [4.69, 9.17) is 4.74 Å². The number of guanidine groups is 1. The van der Waals surface area contributed by atoms with Crippen LogP contribution in [0.1, 0.15) is 52.9 Å². The van der Waals surface area contributed by atoms with Crippen LogP contribution in [0.5, 0.6) is 0 Å². The molecule has 3 N–H and O–H groups in total. The van der Waals surface area contributed by atoms with Gasteiger partial charge < -0.3 is 20.7 Å². The van der Waals surface area contributed by atoms with Crippen LogP contribution in [0, 0.1) is 10.8 Å². The fourth-order valence-electron chi connectivity index (χ4n) is 3.29. The van der Waals surface area contributed by atoms with E-state index in [-0.39, 0.29) is 29.9 Å². The van der Waals surface area contributed by atoms with Crippen molar-refractivity contribution in [1.82, 2.24) is 16.0 Å². The number of carbonyl (C=O) groups is 1. The number of nitrogens with zero attached hydrogens (tertiary/aromatic N) is 1. The van der Waals surface area contributed by atoms with E-state index in [1.807, 2.05) is 20.8 Å². The van der Waals surface area contributed by atoms with E-state index in [0.717, 1.165) is 32.1 Å². The molecule has 0 bridgehead atoms. The third kappa shape index (κ3) is 8.11. The molecule has 1 fully saturated rings. The fourth-order valence-corrected chi connectivity index (χ4v) is 3.29. The van der Waals surface area contributed by atoms with Gasteiger partial charge in [0, 0.05) is 40.4 Å². The van der Waals surface area contributed by atoms with Crippen LogP contribution in [0.4, 0.5) is 0 Å². The second-order valence-corrected chi connectivity index (χ2v) is 7.40. The third-order valence-corrected chi connectivity index (χ3v) is 5.04. The number of nitrogens with one attached hydrogen (secondary N) is 3. The molecule has 148 valence electrons. The van der Waals surface area contributed by atoms with Gasteiger partial charge in [-0.15, -0.1) is 24.0 Å². The van der Waals surface area contributed by atoms with Crippen LogP contribution in [-0.4, -0.2) is 52.3 Å². The molecule has 0 aromatic carbocycles. The first kappa shape index (κ1) is 24.4. The Balaban J connectivity index is 0.00000576.